The van der Waals surface area contributed by atoms with E-state index in [4.69, 9.17) is 26.0 Å². The number of amides is 1. The highest BCUT2D eigenvalue weighted by molar-refractivity contribution is 7.99. The van der Waals surface area contributed by atoms with E-state index in [0.29, 0.717) is 28.8 Å². The molecule has 4 rings (SSSR count). The number of aromatic nitrogens is 3. The molecule has 0 aliphatic heterocycles. The first-order chi connectivity index (χ1) is 16.1. The average molecular weight is 480 g/mol. The molecule has 0 atom stereocenters. The lowest BCUT2D eigenvalue weighted by Crippen LogP contribution is -2.15. The summed E-state index contributed by atoms with van der Waals surface area (Å²) < 4.78 is 12.6. The first kappa shape index (κ1) is 22.5. The molecule has 0 aliphatic rings. The fraction of sp³-hybridized carbons (Fsp3) is 0.130. The summed E-state index contributed by atoms with van der Waals surface area (Å²) in [5.41, 5.74) is 1.72. The fourth-order valence-corrected chi connectivity index (χ4v) is 4.02. The first-order valence-electron chi connectivity index (χ1n) is 9.79. The third-order valence-electron chi connectivity index (χ3n) is 4.66. The molecule has 166 valence electrons. The van der Waals surface area contributed by atoms with Crippen LogP contribution in [0.2, 0.25) is 5.02 Å². The van der Waals surface area contributed by atoms with Gasteiger partial charge >= 0.3 is 0 Å². The summed E-state index contributed by atoms with van der Waals surface area (Å²) in [6.07, 6.45) is 1.61. The number of nitriles is 1. The summed E-state index contributed by atoms with van der Waals surface area (Å²) in [6, 6.07) is 17.9. The summed E-state index contributed by atoms with van der Waals surface area (Å²) >= 11 is 7.29. The lowest BCUT2D eigenvalue weighted by molar-refractivity contribution is -0.113. The third-order valence-corrected chi connectivity index (χ3v) is 5.94. The quantitative estimate of drug-likeness (QED) is 0.360. The molecule has 0 spiro atoms. The summed E-state index contributed by atoms with van der Waals surface area (Å²) in [5.74, 6) is 2.00. The highest BCUT2D eigenvalue weighted by atomic mass is 35.5. The molecule has 0 unspecified atom stereocenters. The molecular formula is C23H18ClN5O3S. The van der Waals surface area contributed by atoms with Gasteiger partial charge in [0.2, 0.25) is 5.91 Å². The minimum absolute atomic E-state index is 0.108. The molecule has 2 aromatic carbocycles. The van der Waals surface area contributed by atoms with Crippen LogP contribution in [0.3, 0.4) is 0 Å². The number of benzene rings is 2. The standard InChI is InChI=1S/C23H18ClN5O3S/c1-31-18-8-5-15(6-9-18)22-27-28-23(29(22)13-19-3-2-10-32-19)33-14-21(30)26-17-7-4-16(12-25)20(24)11-17/h2-11H,13-14H2,1H3,(H,26,30). The Hall–Kier alpha value is -3.74. The van der Waals surface area contributed by atoms with Crippen molar-refractivity contribution in [1.82, 2.24) is 14.8 Å². The maximum Gasteiger partial charge on any atom is 0.234 e. The SMILES string of the molecule is COc1ccc(-c2nnc(SCC(=O)Nc3ccc(C#N)c(Cl)c3)n2Cc2ccco2)cc1. The molecule has 33 heavy (non-hydrogen) atoms. The Kier molecular flexibility index (Phi) is 6.98. The van der Waals surface area contributed by atoms with E-state index in [1.165, 1.54) is 11.8 Å². The predicted octanol–water partition coefficient (Wildman–Crippen LogP) is 4.85. The van der Waals surface area contributed by atoms with Crippen molar-refractivity contribution in [3.05, 3.63) is 77.2 Å². The number of furan rings is 1. The van der Waals surface area contributed by atoms with Gasteiger partial charge in [-0.2, -0.15) is 5.26 Å². The lowest BCUT2D eigenvalue weighted by Gasteiger charge is -2.10. The van der Waals surface area contributed by atoms with Gasteiger partial charge in [-0.15, -0.1) is 10.2 Å². The molecule has 0 bridgehead atoms. The molecule has 2 aromatic heterocycles. The van der Waals surface area contributed by atoms with Crippen LogP contribution in [0.25, 0.3) is 11.4 Å². The molecule has 0 saturated heterocycles. The molecule has 0 saturated carbocycles. The Labute approximate surface area is 199 Å². The van der Waals surface area contributed by atoms with Gasteiger partial charge in [-0.1, -0.05) is 23.4 Å². The van der Waals surface area contributed by atoms with Crippen molar-refractivity contribution in [3.8, 4) is 23.2 Å². The van der Waals surface area contributed by atoms with E-state index >= 15 is 0 Å². The normalized spacial score (nSPS) is 10.6. The van der Waals surface area contributed by atoms with Gasteiger partial charge in [0.15, 0.2) is 11.0 Å². The van der Waals surface area contributed by atoms with Gasteiger partial charge in [-0.25, -0.2) is 0 Å². The van der Waals surface area contributed by atoms with Crippen molar-refractivity contribution in [2.45, 2.75) is 11.7 Å². The smallest absolute Gasteiger partial charge is 0.234 e. The average Bonchev–Trinajstić information content (AvgIpc) is 3.48. The van der Waals surface area contributed by atoms with Crippen LogP contribution in [-0.2, 0) is 11.3 Å². The van der Waals surface area contributed by atoms with Crippen molar-refractivity contribution < 1.29 is 13.9 Å². The zero-order chi connectivity index (χ0) is 23.2. The van der Waals surface area contributed by atoms with Crippen LogP contribution in [0.1, 0.15) is 11.3 Å². The minimum atomic E-state index is -0.237. The van der Waals surface area contributed by atoms with Crippen LogP contribution in [0.15, 0.2) is 70.4 Å². The van der Waals surface area contributed by atoms with Gasteiger partial charge in [0.05, 0.1) is 36.3 Å². The first-order valence-corrected chi connectivity index (χ1v) is 11.2. The van der Waals surface area contributed by atoms with Gasteiger partial charge in [0.25, 0.3) is 0 Å². The minimum Gasteiger partial charge on any atom is -0.497 e. The van der Waals surface area contributed by atoms with Gasteiger partial charge in [0.1, 0.15) is 17.6 Å². The monoisotopic (exact) mass is 479 g/mol. The van der Waals surface area contributed by atoms with Crippen LogP contribution < -0.4 is 10.1 Å². The van der Waals surface area contributed by atoms with Crippen LogP contribution in [0.4, 0.5) is 5.69 Å². The molecule has 0 fully saturated rings. The Bertz CT molecular complexity index is 1300. The van der Waals surface area contributed by atoms with Gasteiger partial charge in [-0.05, 0) is 54.6 Å². The van der Waals surface area contributed by atoms with E-state index in [1.807, 2.05) is 47.0 Å². The van der Waals surface area contributed by atoms with Crippen molar-refractivity contribution in [3.63, 3.8) is 0 Å². The molecule has 8 nitrogen and oxygen atoms in total. The number of ether oxygens (including phenoxy) is 1. The number of thioether (sulfide) groups is 1. The van der Waals surface area contributed by atoms with Crippen LogP contribution in [0.5, 0.6) is 5.75 Å². The lowest BCUT2D eigenvalue weighted by atomic mass is 10.2. The van der Waals surface area contributed by atoms with E-state index in [9.17, 15) is 4.79 Å². The summed E-state index contributed by atoms with van der Waals surface area (Å²) in [7, 11) is 1.61. The molecule has 2 heterocycles. The molecule has 10 heteroatoms. The number of carbonyl (C=O) groups is 1. The van der Waals surface area contributed by atoms with Crippen molar-refractivity contribution >= 4 is 35.0 Å². The Morgan fingerprint density at radius 3 is 2.73 bits per heavy atom. The number of halogens is 1. The summed E-state index contributed by atoms with van der Waals surface area (Å²) in [4.78, 5) is 12.5. The Balaban J connectivity index is 1.51. The van der Waals surface area contributed by atoms with Crippen molar-refractivity contribution in [2.75, 3.05) is 18.2 Å². The topological polar surface area (TPSA) is 106 Å². The number of rotatable bonds is 8. The summed E-state index contributed by atoms with van der Waals surface area (Å²) in [6.45, 7) is 0.413. The van der Waals surface area contributed by atoms with E-state index in [1.54, 1.807) is 31.6 Å². The van der Waals surface area contributed by atoms with E-state index in [0.717, 1.165) is 17.1 Å². The van der Waals surface area contributed by atoms with Crippen molar-refractivity contribution in [1.29, 1.82) is 5.26 Å². The highest BCUT2D eigenvalue weighted by Gasteiger charge is 2.17. The van der Waals surface area contributed by atoms with Gasteiger partial charge in [0, 0.05) is 11.3 Å². The number of methoxy groups -OCH3 is 1. The maximum absolute atomic E-state index is 12.5. The third kappa shape index (κ3) is 5.37. The van der Waals surface area contributed by atoms with Crippen molar-refractivity contribution in [2.24, 2.45) is 0 Å². The Morgan fingerprint density at radius 1 is 1.24 bits per heavy atom. The second-order valence-electron chi connectivity index (χ2n) is 6.84. The second kappa shape index (κ2) is 10.3. The van der Waals surface area contributed by atoms with Crippen LogP contribution >= 0.6 is 23.4 Å². The number of hydrogen-bond donors (Lipinski definition) is 1. The largest absolute Gasteiger partial charge is 0.497 e. The molecule has 1 N–H and O–H groups in total. The second-order valence-corrected chi connectivity index (χ2v) is 8.19. The van der Waals surface area contributed by atoms with E-state index in [2.05, 4.69) is 15.5 Å². The van der Waals surface area contributed by atoms with Gasteiger partial charge in [-0.3, -0.25) is 9.36 Å². The Morgan fingerprint density at radius 2 is 2.06 bits per heavy atom. The fourth-order valence-electron chi connectivity index (χ4n) is 3.06. The van der Waals surface area contributed by atoms with Crippen LogP contribution in [0, 0.1) is 11.3 Å². The number of carbonyl (C=O) groups excluding carboxylic acids is 1. The molecule has 0 radical (unpaired) electrons. The van der Waals surface area contributed by atoms with Gasteiger partial charge < -0.3 is 14.5 Å². The highest BCUT2D eigenvalue weighted by Crippen LogP contribution is 2.27. The summed E-state index contributed by atoms with van der Waals surface area (Å²) in [5, 5.41) is 21.3. The van der Waals surface area contributed by atoms with E-state index in [-0.39, 0.29) is 16.7 Å². The molecule has 1 amide bonds. The maximum atomic E-state index is 12.5. The number of hydrogen-bond acceptors (Lipinski definition) is 7. The zero-order valence-electron chi connectivity index (χ0n) is 17.5. The molecular weight excluding hydrogens is 462 g/mol. The number of anilines is 1. The molecule has 0 aliphatic carbocycles. The molecule has 4 aromatic rings. The van der Waals surface area contributed by atoms with Crippen LogP contribution in [-0.4, -0.2) is 33.5 Å². The van der Waals surface area contributed by atoms with E-state index < -0.39 is 0 Å². The number of nitrogens with one attached hydrogen (secondary N) is 1. The number of nitrogens with zero attached hydrogens (tertiary/aromatic N) is 4. The predicted molar refractivity (Wildman–Crippen MR) is 125 cm³/mol. The zero-order valence-corrected chi connectivity index (χ0v) is 19.1.